The van der Waals surface area contributed by atoms with E-state index < -0.39 is 0 Å². The van der Waals surface area contributed by atoms with Crippen LogP contribution in [0.25, 0.3) is 56.5 Å². The van der Waals surface area contributed by atoms with Gasteiger partial charge in [-0.2, -0.15) is 0 Å². The predicted octanol–water partition coefficient (Wildman–Crippen LogP) is 10.2. The highest BCUT2D eigenvalue weighted by Gasteiger charge is 2.21. The molecule has 6 heteroatoms. The van der Waals surface area contributed by atoms with Gasteiger partial charge in [-0.25, -0.2) is 9.97 Å². The molecule has 2 aromatic heterocycles. The van der Waals surface area contributed by atoms with Crippen LogP contribution >= 0.6 is 0 Å². The van der Waals surface area contributed by atoms with Crippen molar-refractivity contribution >= 4 is 28.1 Å². The second-order valence-electron chi connectivity index (χ2n) is 10.8. The molecule has 8 rings (SSSR count). The number of para-hydroxylation sites is 4. The maximum atomic E-state index is 6.22. The fraction of sp³-hybridized carbons (Fsp3) is 0. The molecular formula is C40H27N5O. The molecule has 0 aliphatic carbocycles. The largest absolute Gasteiger partial charge is 0.416 e. The van der Waals surface area contributed by atoms with Crippen LogP contribution in [0.5, 0.6) is 0 Å². The van der Waals surface area contributed by atoms with Gasteiger partial charge in [0.15, 0.2) is 0 Å². The van der Waals surface area contributed by atoms with Crippen molar-refractivity contribution in [2.45, 2.75) is 0 Å². The van der Waals surface area contributed by atoms with Crippen molar-refractivity contribution in [2.24, 2.45) is 0 Å². The van der Waals surface area contributed by atoms with Gasteiger partial charge in [0.05, 0.1) is 33.7 Å². The molecule has 0 saturated carbocycles. The highest BCUT2D eigenvalue weighted by Crippen LogP contribution is 2.41. The summed E-state index contributed by atoms with van der Waals surface area (Å²) in [6, 6.07) is 54.9. The topological polar surface area (TPSA) is 67.9 Å². The Hall–Kier alpha value is -6.40. The van der Waals surface area contributed by atoms with Crippen LogP contribution in [-0.2, 0) is 0 Å². The molecule has 8 aromatic rings. The van der Waals surface area contributed by atoms with Crippen molar-refractivity contribution in [3.8, 4) is 45.4 Å². The van der Waals surface area contributed by atoms with E-state index in [1.165, 1.54) is 0 Å². The van der Waals surface area contributed by atoms with Gasteiger partial charge >= 0.3 is 0 Å². The second-order valence-corrected chi connectivity index (χ2v) is 10.8. The van der Waals surface area contributed by atoms with E-state index in [1.54, 1.807) is 0 Å². The first kappa shape index (κ1) is 27.2. The average molecular weight is 594 g/mol. The van der Waals surface area contributed by atoms with E-state index in [1.807, 2.05) is 109 Å². The van der Waals surface area contributed by atoms with Gasteiger partial charge in [0.2, 0.25) is 11.8 Å². The van der Waals surface area contributed by atoms with E-state index in [0.717, 1.165) is 61.7 Å². The quantitative estimate of drug-likeness (QED) is 0.183. The first-order chi connectivity index (χ1) is 22.8. The molecule has 0 spiro atoms. The zero-order valence-electron chi connectivity index (χ0n) is 24.7. The first-order valence-electron chi connectivity index (χ1n) is 15.1. The Morgan fingerprint density at radius 2 is 0.870 bits per heavy atom. The molecule has 0 aliphatic heterocycles. The summed E-state index contributed by atoms with van der Waals surface area (Å²) in [5.41, 5.74) is 10.0. The zero-order chi connectivity index (χ0) is 30.7. The Balaban J connectivity index is 1.24. The summed E-state index contributed by atoms with van der Waals surface area (Å²) in [6.45, 7) is 0. The number of hydrogen-bond acceptors (Lipinski definition) is 6. The van der Waals surface area contributed by atoms with Crippen molar-refractivity contribution in [3.05, 3.63) is 164 Å². The molecule has 0 N–H and O–H groups in total. The summed E-state index contributed by atoms with van der Waals surface area (Å²) in [5.74, 6) is 0.928. The fourth-order valence-electron chi connectivity index (χ4n) is 5.65. The van der Waals surface area contributed by atoms with Gasteiger partial charge in [-0.1, -0.05) is 103 Å². The molecule has 0 amide bonds. The van der Waals surface area contributed by atoms with Crippen molar-refractivity contribution in [3.63, 3.8) is 0 Å². The van der Waals surface area contributed by atoms with E-state index >= 15 is 0 Å². The minimum Gasteiger partial charge on any atom is -0.416 e. The Morgan fingerprint density at radius 3 is 1.52 bits per heavy atom. The number of fused-ring (bicyclic) bond motifs is 1. The molecule has 0 fully saturated rings. The van der Waals surface area contributed by atoms with Crippen molar-refractivity contribution in [2.75, 3.05) is 4.90 Å². The van der Waals surface area contributed by atoms with Crippen LogP contribution in [0.2, 0.25) is 0 Å². The molecule has 0 unspecified atom stereocenters. The van der Waals surface area contributed by atoms with Crippen LogP contribution in [0, 0.1) is 0 Å². The Morgan fingerprint density at radius 1 is 0.391 bits per heavy atom. The van der Waals surface area contributed by atoms with E-state index in [4.69, 9.17) is 14.4 Å². The molecule has 6 nitrogen and oxygen atoms in total. The molecule has 46 heavy (non-hydrogen) atoms. The van der Waals surface area contributed by atoms with Crippen LogP contribution in [0.1, 0.15) is 0 Å². The lowest BCUT2D eigenvalue weighted by Gasteiger charge is -2.27. The summed E-state index contributed by atoms with van der Waals surface area (Å²) in [6.07, 6.45) is 0. The highest BCUT2D eigenvalue weighted by molar-refractivity contribution is 5.89. The van der Waals surface area contributed by atoms with E-state index in [9.17, 15) is 0 Å². The molecular weight excluding hydrogens is 566 g/mol. The number of rotatable bonds is 7. The summed E-state index contributed by atoms with van der Waals surface area (Å²) in [5, 5.41) is 8.81. The SMILES string of the molecule is c1ccc(-c2nnc(-c3ccccc3N(c3ccccc3)c3ccc(-c4nc5ccccc5nc4-c4ccccc4)cc3)o2)cc1. The van der Waals surface area contributed by atoms with Gasteiger partial charge in [0.25, 0.3) is 0 Å². The first-order valence-corrected chi connectivity index (χ1v) is 15.1. The summed E-state index contributed by atoms with van der Waals surface area (Å²) < 4.78 is 6.22. The average Bonchev–Trinajstić information content (AvgIpc) is 3.63. The number of benzene rings is 6. The van der Waals surface area contributed by atoms with E-state index in [2.05, 4.69) is 69.7 Å². The van der Waals surface area contributed by atoms with Crippen LogP contribution in [-0.4, -0.2) is 20.2 Å². The second kappa shape index (κ2) is 11.9. The van der Waals surface area contributed by atoms with Crippen molar-refractivity contribution in [1.82, 2.24) is 20.2 Å². The number of aromatic nitrogens is 4. The van der Waals surface area contributed by atoms with Crippen LogP contribution in [0.3, 0.4) is 0 Å². The molecule has 2 heterocycles. The van der Waals surface area contributed by atoms with Gasteiger partial charge in [0, 0.05) is 28.1 Å². The maximum Gasteiger partial charge on any atom is 0.250 e. The predicted molar refractivity (Wildman–Crippen MR) is 184 cm³/mol. The van der Waals surface area contributed by atoms with Crippen LogP contribution in [0.15, 0.2) is 168 Å². The standard InChI is InChI=1S/C40H27N5O/c1-4-14-28(15-5-1)37-38(42-35-22-12-11-21-34(35)41-37)29-24-26-32(27-25-29)45(31-18-8-3-9-19-31)36-23-13-10-20-33(36)40-44-43-39(46-40)30-16-6-2-7-17-30/h1-27H. The van der Waals surface area contributed by atoms with E-state index in [0.29, 0.717) is 11.8 Å². The van der Waals surface area contributed by atoms with Crippen molar-refractivity contribution < 1.29 is 4.42 Å². The molecule has 0 bridgehead atoms. The van der Waals surface area contributed by atoms with Gasteiger partial charge in [-0.3, -0.25) is 0 Å². The lowest BCUT2D eigenvalue weighted by atomic mass is 10.0. The fourth-order valence-corrected chi connectivity index (χ4v) is 5.65. The lowest BCUT2D eigenvalue weighted by molar-refractivity contribution is 0.584. The monoisotopic (exact) mass is 593 g/mol. The minimum atomic E-state index is 0.450. The summed E-state index contributed by atoms with van der Waals surface area (Å²) in [7, 11) is 0. The van der Waals surface area contributed by atoms with Gasteiger partial charge in [0.1, 0.15) is 0 Å². The summed E-state index contributed by atoms with van der Waals surface area (Å²) in [4.78, 5) is 12.3. The van der Waals surface area contributed by atoms with Gasteiger partial charge < -0.3 is 9.32 Å². The molecule has 6 aromatic carbocycles. The van der Waals surface area contributed by atoms with E-state index in [-0.39, 0.29) is 0 Å². The highest BCUT2D eigenvalue weighted by atomic mass is 16.4. The summed E-state index contributed by atoms with van der Waals surface area (Å²) >= 11 is 0. The van der Waals surface area contributed by atoms with Gasteiger partial charge in [-0.15, -0.1) is 10.2 Å². The minimum absolute atomic E-state index is 0.450. The number of nitrogens with zero attached hydrogens (tertiary/aromatic N) is 5. The smallest absolute Gasteiger partial charge is 0.250 e. The Labute approximate surface area is 266 Å². The molecule has 0 radical (unpaired) electrons. The number of hydrogen-bond donors (Lipinski definition) is 0. The van der Waals surface area contributed by atoms with Crippen molar-refractivity contribution in [1.29, 1.82) is 0 Å². The van der Waals surface area contributed by atoms with Crippen LogP contribution in [0.4, 0.5) is 17.1 Å². The van der Waals surface area contributed by atoms with Crippen LogP contribution < -0.4 is 4.90 Å². The molecule has 0 saturated heterocycles. The normalized spacial score (nSPS) is 11.0. The lowest BCUT2D eigenvalue weighted by Crippen LogP contribution is -2.11. The third kappa shape index (κ3) is 5.18. The molecule has 0 atom stereocenters. The Bertz CT molecular complexity index is 2250. The number of anilines is 3. The molecule has 0 aliphatic rings. The third-order valence-corrected chi connectivity index (χ3v) is 7.85. The third-order valence-electron chi connectivity index (χ3n) is 7.85. The van der Waals surface area contributed by atoms with Gasteiger partial charge in [-0.05, 0) is 60.7 Å². The Kier molecular flexibility index (Phi) is 7.05. The molecule has 218 valence electrons. The zero-order valence-corrected chi connectivity index (χ0v) is 24.7. The maximum absolute atomic E-state index is 6.22.